The summed E-state index contributed by atoms with van der Waals surface area (Å²) in [7, 11) is 0. The highest BCUT2D eigenvalue weighted by atomic mass is 19.1. The third-order valence-electron chi connectivity index (χ3n) is 5.25. The van der Waals surface area contributed by atoms with E-state index in [1.807, 2.05) is 0 Å². The van der Waals surface area contributed by atoms with E-state index in [0.29, 0.717) is 43.0 Å². The third kappa shape index (κ3) is 4.94. The maximum atomic E-state index is 14.4. The third-order valence-corrected chi connectivity index (χ3v) is 5.25. The summed E-state index contributed by atoms with van der Waals surface area (Å²) in [6.07, 6.45) is 8.95. The molecule has 1 aliphatic rings. The molecule has 0 radical (unpaired) electrons. The van der Waals surface area contributed by atoms with Gasteiger partial charge in [0, 0.05) is 23.8 Å². The molecule has 0 bridgehead atoms. The Hall–Kier alpha value is -3.95. The van der Waals surface area contributed by atoms with Gasteiger partial charge >= 0.3 is 0 Å². The van der Waals surface area contributed by atoms with Gasteiger partial charge in [-0.05, 0) is 37.5 Å². The quantitative estimate of drug-likeness (QED) is 0.410. The predicted octanol–water partition coefficient (Wildman–Crippen LogP) is 4.13. The van der Waals surface area contributed by atoms with Crippen molar-refractivity contribution < 1.29 is 18.3 Å². The van der Waals surface area contributed by atoms with E-state index in [0.717, 1.165) is 22.8 Å². The molecule has 10 heteroatoms. The molecule has 3 aromatic rings. The number of ether oxygens (including phenoxy) is 1. The molecule has 4 rings (SSSR count). The van der Waals surface area contributed by atoms with Crippen LogP contribution in [-0.2, 0) is 4.79 Å². The maximum absolute atomic E-state index is 14.4. The predicted molar refractivity (Wildman–Crippen MR) is 117 cm³/mol. The number of benzene rings is 1. The Morgan fingerprint density at radius 2 is 2.09 bits per heavy atom. The van der Waals surface area contributed by atoms with Crippen LogP contribution in [0.2, 0.25) is 0 Å². The number of halogens is 2. The van der Waals surface area contributed by atoms with Gasteiger partial charge in [0.25, 0.3) is 5.91 Å². The van der Waals surface area contributed by atoms with E-state index in [1.165, 1.54) is 19.3 Å². The number of nitrogens with zero attached hydrogens (tertiary/aromatic N) is 5. The van der Waals surface area contributed by atoms with E-state index < -0.39 is 23.6 Å². The van der Waals surface area contributed by atoms with Crippen LogP contribution in [0.4, 0.5) is 8.78 Å². The number of amides is 1. The number of nitrogens with one attached hydrogen (secondary N) is 1. The summed E-state index contributed by atoms with van der Waals surface area (Å²) in [5, 5.41) is 5.23. The Balaban J connectivity index is 1.29. The van der Waals surface area contributed by atoms with Crippen LogP contribution >= 0.6 is 0 Å². The Morgan fingerprint density at radius 3 is 2.82 bits per heavy atom. The van der Waals surface area contributed by atoms with Crippen molar-refractivity contribution in [2.45, 2.75) is 32.2 Å². The first-order valence-electron chi connectivity index (χ1n) is 10.4. The van der Waals surface area contributed by atoms with Gasteiger partial charge in [0.15, 0.2) is 0 Å². The number of aromatic amines is 1. The minimum absolute atomic E-state index is 0.0947. The zero-order chi connectivity index (χ0) is 23.4. The fourth-order valence-corrected chi connectivity index (χ4v) is 3.44. The number of imidazole rings is 1. The molecule has 1 amide bonds. The lowest BCUT2D eigenvalue weighted by Crippen LogP contribution is -2.29. The van der Waals surface area contributed by atoms with Gasteiger partial charge in [0.1, 0.15) is 17.3 Å². The molecule has 0 saturated heterocycles. The summed E-state index contributed by atoms with van der Waals surface area (Å²) in [4.78, 5) is 28.2. The summed E-state index contributed by atoms with van der Waals surface area (Å²) in [6, 6.07) is 1.55. The minimum Gasteiger partial charge on any atom is -0.477 e. The lowest BCUT2D eigenvalue weighted by Gasteiger charge is -2.23. The summed E-state index contributed by atoms with van der Waals surface area (Å²) in [5.41, 5.74) is 2.00. The first kappa shape index (κ1) is 22.3. The van der Waals surface area contributed by atoms with E-state index >= 15 is 0 Å². The molecule has 1 atom stereocenters. The molecule has 1 N–H and O–H groups in total. The Morgan fingerprint density at radius 1 is 1.24 bits per heavy atom. The number of aryl methyl sites for hydroxylation is 1. The summed E-state index contributed by atoms with van der Waals surface area (Å²) < 4.78 is 34.0. The second-order valence-electron chi connectivity index (χ2n) is 7.58. The number of carbonyl (C=O) groups is 1. The van der Waals surface area contributed by atoms with Gasteiger partial charge in [-0.1, -0.05) is 6.58 Å². The molecule has 3 heterocycles. The van der Waals surface area contributed by atoms with Crippen molar-refractivity contribution in [1.82, 2.24) is 24.9 Å². The molecule has 0 spiro atoms. The van der Waals surface area contributed by atoms with E-state index in [2.05, 4.69) is 31.6 Å². The SMILES string of the molecule is C=C(CCCOc1cnc(-c2cnc[nH]2)cn1)C(=O)N1N=CCC1c1cc(F)c(C)cc1F. The van der Waals surface area contributed by atoms with Crippen molar-refractivity contribution in [2.24, 2.45) is 5.10 Å². The van der Waals surface area contributed by atoms with Gasteiger partial charge < -0.3 is 9.72 Å². The van der Waals surface area contributed by atoms with Crippen LogP contribution in [0, 0.1) is 18.6 Å². The van der Waals surface area contributed by atoms with Gasteiger partial charge in [-0.2, -0.15) is 5.10 Å². The van der Waals surface area contributed by atoms with Crippen molar-refractivity contribution >= 4 is 12.1 Å². The number of hydrazone groups is 1. The molecule has 0 aliphatic carbocycles. The zero-order valence-electron chi connectivity index (χ0n) is 18.0. The van der Waals surface area contributed by atoms with E-state index in [1.54, 1.807) is 18.7 Å². The summed E-state index contributed by atoms with van der Waals surface area (Å²) in [5.74, 6) is -1.17. The van der Waals surface area contributed by atoms with Gasteiger partial charge in [-0.15, -0.1) is 0 Å². The normalized spacial score (nSPS) is 15.1. The average molecular weight is 452 g/mol. The number of hydrogen-bond donors (Lipinski definition) is 1. The smallest absolute Gasteiger partial charge is 0.269 e. The summed E-state index contributed by atoms with van der Waals surface area (Å²) >= 11 is 0. The standard InChI is InChI=1S/C23H22F2N6O2/c1-14(4-3-7-33-22-12-27-20(11-28-22)19-10-26-13-29-19)23(32)31-21(5-6-30-31)16-9-17(24)15(2)8-18(16)25/h6,8-13,21H,1,3-5,7H2,2H3,(H,26,29). The molecular weight excluding hydrogens is 430 g/mol. The molecule has 1 unspecified atom stereocenters. The number of aromatic nitrogens is 4. The van der Waals surface area contributed by atoms with E-state index in [-0.39, 0.29) is 11.1 Å². The molecular formula is C23H22F2N6O2. The van der Waals surface area contributed by atoms with Crippen molar-refractivity contribution in [3.05, 3.63) is 72.0 Å². The van der Waals surface area contributed by atoms with Gasteiger partial charge in [0.2, 0.25) is 5.88 Å². The molecule has 33 heavy (non-hydrogen) atoms. The maximum Gasteiger partial charge on any atom is 0.269 e. The summed E-state index contributed by atoms with van der Waals surface area (Å²) in [6.45, 7) is 5.63. The Kier molecular flexibility index (Phi) is 6.53. The second-order valence-corrected chi connectivity index (χ2v) is 7.58. The molecule has 1 aromatic carbocycles. The molecule has 1 aliphatic heterocycles. The highest BCUT2D eigenvalue weighted by Gasteiger charge is 2.31. The van der Waals surface area contributed by atoms with Crippen molar-refractivity contribution in [3.8, 4) is 17.3 Å². The lowest BCUT2D eigenvalue weighted by molar-refractivity contribution is -0.129. The monoisotopic (exact) mass is 452 g/mol. The molecule has 0 fully saturated rings. The second kappa shape index (κ2) is 9.68. The van der Waals surface area contributed by atoms with Crippen LogP contribution in [0.5, 0.6) is 5.88 Å². The van der Waals surface area contributed by atoms with E-state index in [9.17, 15) is 13.6 Å². The van der Waals surface area contributed by atoms with Gasteiger partial charge in [0.05, 0.1) is 43.3 Å². The highest BCUT2D eigenvalue weighted by molar-refractivity contribution is 5.94. The van der Waals surface area contributed by atoms with Crippen molar-refractivity contribution in [1.29, 1.82) is 0 Å². The Labute approximate surface area is 189 Å². The van der Waals surface area contributed by atoms with Crippen molar-refractivity contribution in [2.75, 3.05) is 6.61 Å². The number of H-pyrrole nitrogens is 1. The van der Waals surface area contributed by atoms with Crippen LogP contribution in [-0.4, -0.2) is 43.7 Å². The fraction of sp³-hybridized carbons (Fsp3) is 0.261. The Bertz CT molecular complexity index is 1180. The topological polar surface area (TPSA) is 96.4 Å². The molecule has 2 aromatic heterocycles. The van der Waals surface area contributed by atoms with Crippen LogP contribution in [0.3, 0.4) is 0 Å². The average Bonchev–Trinajstić information content (AvgIpc) is 3.51. The van der Waals surface area contributed by atoms with Crippen LogP contribution < -0.4 is 4.74 Å². The fourth-order valence-electron chi connectivity index (χ4n) is 3.44. The van der Waals surface area contributed by atoms with Crippen molar-refractivity contribution in [3.63, 3.8) is 0 Å². The minimum atomic E-state index is -0.704. The van der Waals surface area contributed by atoms with Gasteiger partial charge in [-0.25, -0.2) is 28.7 Å². The van der Waals surface area contributed by atoms with Crippen LogP contribution in [0.25, 0.3) is 11.4 Å². The first-order chi connectivity index (χ1) is 15.9. The largest absolute Gasteiger partial charge is 0.477 e. The molecule has 0 saturated carbocycles. The van der Waals surface area contributed by atoms with Crippen LogP contribution in [0.15, 0.2) is 54.3 Å². The number of hydrogen-bond acceptors (Lipinski definition) is 6. The molecule has 170 valence electrons. The lowest BCUT2D eigenvalue weighted by atomic mass is 10.0. The van der Waals surface area contributed by atoms with Gasteiger partial charge in [-0.3, -0.25) is 4.79 Å². The van der Waals surface area contributed by atoms with Crippen LogP contribution in [0.1, 0.15) is 36.4 Å². The van der Waals surface area contributed by atoms with E-state index in [4.69, 9.17) is 4.74 Å². The number of rotatable bonds is 8. The highest BCUT2D eigenvalue weighted by Crippen LogP contribution is 2.32. The first-order valence-corrected chi connectivity index (χ1v) is 10.4. The number of carbonyl (C=O) groups excluding carboxylic acids is 1. The molecule has 8 nitrogen and oxygen atoms in total. The zero-order valence-corrected chi connectivity index (χ0v) is 18.0.